The minimum absolute atomic E-state index is 0.318. The van der Waals surface area contributed by atoms with E-state index in [-0.39, 0.29) is 0 Å². The number of ether oxygens (including phenoxy) is 1. The Hall–Kier alpha value is -1.84. The summed E-state index contributed by atoms with van der Waals surface area (Å²) < 4.78 is 4.97. The molecule has 0 fully saturated rings. The van der Waals surface area contributed by atoms with Crippen LogP contribution < -0.4 is 0 Å². The lowest BCUT2D eigenvalue weighted by Gasteiger charge is -2.15. The largest absolute Gasteiger partial charge is 0.462 e. The van der Waals surface area contributed by atoms with E-state index in [1.54, 1.807) is 43.3 Å². The summed E-state index contributed by atoms with van der Waals surface area (Å²) in [5.41, 5.74) is 2.72. The number of rotatable bonds is 4. The molecule has 0 aliphatic heterocycles. The fourth-order valence-electron chi connectivity index (χ4n) is 2.14. The predicted molar refractivity (Wildman–Crippen MR) is 82.6 cm³/mol. The smallest absolute Gasteiger partial charge is 0.338 e. The molecule has 0 aliphatic carbocycles. The standard InChI is InChI=1S/C17H17ClO3/c1-3-21-17(20)13-6-4-5-12(9-13)16(19)15-10-14(18)8-7-11(15)2/h4-10,16,19H,3H2,1-2H3. The fraction of sp³-hybridized carbons (Fsp3) is 0.235. The number of esters is 1. The molecule has 0 bridgehead atoms. The third kappa shape index (κ3) is 3.63. The van der Waals surface area contributed by atoms with Crippen LogP contribution in [0.1, 0.15) is 40.1 Å². The molecule has 0 amide bonds. The molecular weight excluding hydrogens is 288 g/mol. The van der Waals surface area contributed by atoms with E-state index in [2.05, 4.69) is 0 Å². The minimum atomic E-state index is -0.835. The number of carbonyl (C=O) groups is 1. The summed E-state index contributed by atoms with van der Waals surface area (Å²) >= 11 is 5.99. The van der Waals surface area contributed by atoms with Crippen molar-refractivity contribution in [1.29, 1.82) is 0 Å². The van der Waals surface area contributed by atoms with E-state index in [0.717, 1.165) is 11.1 Å². The maximum Gasteiger partial charge on any atom is 0.338 e. The van der Waals surface area contributed by atoms with Gasteiger partial charge in [-0.05, 0) is 54.8 Å². The van der Waals surface area contributed by atoms with Crippen molar-refractivity contribution in [3.05, 3.63) is 69.7 Å². The molecule has 4 heteroatoms. The first-order chi connectivity index (χ1) is 10.0. The molecule has 0 saturated carbocycles. The van der Waals surface area contributed by atoms with Crippen LogP contribution in [0.2, 0.25) is 5.02 Å². The quantitative estimate of drug-likeness (QED) is 0.871. The van der Waals surface area contributed by atoms with Crippen LogP contribution >= 0.6 is 11.6 Å². The molecule has 0 saturated heterocycles. The summed E-state index contributed by atoms with van der Waals surface area (Å²) in [6, 6.07) is 12.2. The van der Waals surface area contributed by atoms with Gasteiger partial charge in [-0.1, -0.05) is 29.8 Å². The van der Waals surface area contributed by atoms with E-state index in [4.69, 9.17) is 16.3 Å². The lowest BCUT2D eigenvalue weighted by molar-refractivity contribution is 0.0526. The molecule has 2 aromatic carbocycles. The second-order valence-electron chi connectivity index (χ2n) is 4.75. The van der Waals surface area contributed by atoms with Gasteiger partial charge in [-0.15, -0.1) is 0 Å². The van der Waals surface area contributed by atoms with Gasteiger partial charge in [-0.25, -0.2) is 4.79 Å². The summed E-state index contributed by atoms with van der Waals surface area (Å²) in [6.45, 7) is 3.98. The van der Waals surface area contributed by atoms with Gasteiger partial charge in [0.05, 0.1) is 12.2 Å². The van der Waals surface area contributed by atoms with Gasteiger partial charge in [0.1, 0.15) is 6.10 Å². The summed E-state index contributed by atoms with van der Waals surface area (Å²) in [7, 11) is 0. The van der Waals surface area contributed by atoms with Gasteiger partial charge in [0, 0.05) is 5.02 Å². The number of benzene rings is 2. The molecule has 21 heavy (non-hydrogen) atoms. The SMILES string of the molecule is CCOC(=O)c1cccc(C(O)c2cc(Cl)ccc2C)c1. The van der Waals surface area contributed by atoms with Crippen molar-refractivity contribution in [2.45, 2.75) is 20.0 Å². The molecule has 1 unspecified atom stereocenters. The number of hydrogen-bond donors (Lipinski definition) is 1. The zero-order chi connectivity index (χ0) is 15.4. The van der Waals surface area contributed by atoms with Crippen molar-refractivity contribution >= 4 is 17.6 Å². The maximum absolute atomic E-state index is 11.8. The highest BCUT2D eigenvalue weighted by atomic mass is 35.5. The van der Waals surface area contributed by atoms with Crippen LogP contribution in [0.3, 0.4) is 0 Å². The van der Waals surface area contributed by atoms with Crippen LogP contribution in [-0.4, -0.2) is 17.7 Å². The fourth-order valence-corrected chi connectivity index (χ4v) is 2.32. The third-order valence-electron chi connectivity index (χ3n) is 3.25. The average Bonchev–Trinajstić information content (AvgIpc) is 2.49. The van der Waals surface area contributed by atoms with Crippen LogP contribution in [0.5, 0.6) is 0 Å². The van der Waals surface area contributed by atoms with Gasteiger partial charge >= 0.3 is 5.97 Å². The Kier molecular flexibility index (Phi) is 4.99. The van der Waals surface area contributed by atoms with Crippen LogP contribution in [0.4, 0.5) is 0 Å². The predicted octanol–water partition coefficient (Wildman–Crippen LogP) is 3.91. The number of aliphatic hydroxyl groups is 1. The Morgan fingerprint density at radius 2 is 2.05 bits per heavy atom. The molecule has 0 radical (unpaired) electrons. The first-order valence-electron chi connectivity index (χ1n) is 6.74. The molecule has 0 aromatic heterocycles. The normalized spacial score (nSPS) is 12.0. The van der Waals surface area contributed by atoms with Crippen molar-refractivity contribution in [2.24, 2.45) is 0 Å². The van der Waals surface area contributed by atoms with Crippen LogP contribution in [0.25, 0.3) is 0 Å². The number of halogens is 1. The van der Waals surface area contributed by atoms with E-state index >= 15 is 0 Å². The van der Waals surface area contributed by atoms with E-state index < -0.39 is 12.1 Å². The zero-order valence-electron chi connectivity index (χ0n) is 12.0. The van der Waals surface area contributed by atoms with Gasteiger partial charge < -0.3 is 9.84 Å². The Morgan fingerprint density at radius 1 is 1.29 bits per heavy atom. The van der Waals surface area contributed by atoms with Crippen LogP contribution in [0, 0.1) is 6.92 Å². The zero-order valence-corrected chi connectivity index (χ0v) is 12.7. The molecule has 2 rings (SSSR count). The van der Waals surface area contributed by atoms with Crippen molar-refractivity contribution in [1.82, 2.24) is 0 Å². The van der Waals surface area contributed by atoms with Crippen molar-refractivity contribution < 1.29 is 14.6 Å². The van der Waals surface area contributed by atoms with Gasteiger partial charge in [0.2, 0.25) is 0 Å². The van der Waals surface area contributed by atoms with Gasteiger partial charge in [-0.3, -0.25) is 0 Å². The Bertz CT molecular complexity index is 652. The summed E-state index contributed by atoms with van der Waals surface area (Å²) in [5.74, 6) is -0.394. The van der Waals surface area contributed by atoms with Crippen molar-refractivity contribution in [2.75, 3.05) is 6.61 Å². The maximum atomic E-state index is 11.8. The highest BCUT2D eigenvalue weighted by Crippen LogP contribution is 2.27. The van der Waals surface area contributed by atoms with Crippen molar-refractivity contribution in [3.63, 3.8) is 0 Å². The number of aryl methyl sites for hydroxylation is 1. The van der Waals surface area contributed by atoms with E-state index in [1.165, 1.54) is 0 Å². The number of carbonyl (C=O) groups excluding carboxylic acids is 1. The van der Waals surface area contributed by atoms with Crippen LogP contribution in [0.15, 0.2) is 42.5 Å². The van der Waals surface area contributed by atoms with E-state index in [9.17, 15) is 9.90 Å². The molecular formula is C17H17ClO3. The van der Waals surface area contributed by atoms with Gasteiger partial charge in [0.15, 0.2) is 0 Å². The monoisotopic (exact) mass is 304 g/mol. The van der Waals surface area contributed by atoms with Crippen LogP contribution in [-0.2, 0) is 4.74 Å². The molecule has 0 aliphatic rings. The molecule has 1 N–H and O–H groups in total. The second kappa shape index (κ2) is 6.74. The summed E-state index contributed by atoms with van der Waals surface area (Å²) in [6.07, 6.45) is -0.835. The summed E-state index contributed by atoms with van der Waals surface area (Å²) in [4.78, 5) is 11.8. The lowest BCUT2D eigenvalue weighted by Crippen LogP contribution is -2.07. The molecule has 0 heterocycles. The number of hydrogen-bond acceptors (Lipinski definition) is 3. The molecule has 1 atom stereocenters. The topological polar surface area (TPSA) is 46.5 Å². The summed E-state index contributed by atoms with van der Waals surface area (Å²) in [5, 5.41) is 11.1. The second-order valence-corrected chi connectivity index (χ2v) is 5.19. The Morgan fingerprint density at radius 3 is 2.76 bits per heavy atom. The molecule has 110 valence electrons. The molecule has 3 nitrogen and oxygen atoms in total. The first kappa shape index (κ1) is 15.5. The van der Waals surface area contributed by atoms with Crippen molar-refractivity contribution in [3.8, 4) is 0 Å². The van der Waals surface area contributed by atoms with E-state index in [1.807, 2.05) is 13.0 Å². The Labute approximate surface area is 129 Å². The highest BCUT2D eigenvalue weighted by molar-refractivity contribution is 6.30. The van der Waals surface area contributed by atoms with Gasteiger partial charge in [-0.2, -0.15) is 0 Å². The lowest BCUT2D eigenvalue weighted by atomic mass is 9.96. The number of aliphatic hydroxyl groups excluding tert-OH is 1. The Balaban J connectivity index is 2.35. The van der Waals surface area contributed by atoms with Gasteiger partial charge in [0.25, 0.3) is 0 Å². The highest BCUT2D eigenvalue weighted by Gasteiger charge is 2.15. The minimum Gasteiger partial charge on any atom is -0.462 e. The first-order valence-corrected chi connectivity index (χ1v) is 7.12. The average molecular weight is 305 g/mol. The van der Waals surface area contributed by atoms with E-state index in [0.29, 0.717) is 22.8 Å². The third-order valence-corrected chi connectivity index (χ3v) is 3.48. The molecule has 2 aromatic rings. The molecule has 0 spiro atoms.